The normalized spacial score (nSPS) is 18.5. The number of benzene rings is 2. The number of aromatic nitrogens is 3. The van der Waals surface area contributed by atoms with Gasteiger partial charge in [-0.1, -0.05) is 42.5 Å². The molecule has 0 radical (unpaired) electrons. The summed E-state index contributed by atoms with van der Waals surface area (Å²) in [6.07, 6.45) is 8.41. The van der Waals surface area contributed by atoms with Crippen molar-refractivity contribution in [1.82, 2.24) is 25.2 Å². The summed E-state index contributed by atoms with van der Waals surface area (Å²) in [5, 5.41) is 9.24. The second-order valence-electron chi connectivity index (χ2n) is 12.7. The molecule has 1 unspecified atom stereocenters. The molecule has 12 heteroatoms. The number of carbonyl (C=O) groups is 3. The van der Waals surface area contributed by atoms with E-state index in [-0.39, 0.29) is 30.4 Å². The highest BCUT2D eigenvalue weighted by atomic mass is 16.2. The van der Waals surface area contributed by atoms with Gasteiger partial charge in [0.2, 0.25) is 11.9 Å². The molecule has 0 saturated carbocycles. The monoisotopic (exact) mass is 667 g/mol. The average Bonchev–Trinajstić information content (AvgIpc) is 3.23. The van der Waals surface area contributed by atoms with Crippen molar-refractivity contribution in [3.63, 3.8) is 0 Å². The number of carbonyl (C=O) groups excluding carboxylic acids is 3. The highest BCUT2D eigenvalue weighted by molar-refractivity contribution is 6.12. The van der Waals surface area contributed by atoms with E-state index in [4.69, 9.17) is 4.99 Å². The number of nitrogens with one attached hydrogen (secondary N) is 3. The number of fused-ring (bicyclic) bond motifs is 2. The predicted molar refractivity (Wildman–Crippen MR) is 193 cm³/mol. The third-order valence-electron chi connectivity index (χ3n) is 9.07. The zero-order chi connectivity index (χ0) is 34.9. The van der Waals surface area contributed by atoms with E-state index in [0.29, 0.717) is 41.6 Å². The number of hydrogen-bond donors (Lipinski definition) is 3. The third kappa shape index (κ3) is 6.59. The molecule has 2 atom stereocenters. The number of nitrogens with zero attached hydrogens (tertiary/aromatic N) is 6. The van der Waals surface area contributed by atoms with Crippen molar-refractivity contribution >= 4 is 46.7 Å². The Balaban J connectivity index is 1.05. The molecule has 3 aliphatic rings. The number of aliphatic imine (C=N–C) groups is 1. The van der Waals surface area contributed by atoms with Gasteiger partial charge < -0.3 is 16.0 Å². The van der Waals surface area contributed by atoms with E-state index in [2.05, 4.69) is 30.9 Å². The predicted octanol–water partition coefficient (Wildman–Crippen LogP) is 5.70. The van der Waals surface area contributed by atoms with Gasteiger partial charge in [-0.3, -0.25) is 29.4 Å². The molecule has 50 heavy (non-hydrogen) atoms. The number of urea groups is 1. The van der Waals surface area contributed by atoms with Gasteiger partial charge in [0.15, 0.2) is 0 Å². The lowest BCUT2D eigenvalue weighted by atomic mass is 9.98. The van der Waals surface area contributed by atoms with Crippen molar-refractivity contribution in [2.75, 3.05) is 22.6 Å². The zero-order valence-corrected chi connectivity index (χ0v) is 28.3. The Hall–Kier alpha value is -6.17. The summed E-state index contributed by atoms with van der Waals surface area (Å²) >= 11 is 0. The van der Waals surface area contributed by atoms with Crippen LogP contribution in [0.5, 0.6) is 0 Å². The Morgan fingerprint density at radius 2 is 1.82 bits per heavy atom. The molecule has 4 aromatic rings. The van der Waals surface area contributed by atoms with Crippen LogP contribution in [-0.4, -0.2) is 62.5 Å². The van der Waals surface area contributed by atoms with Gasteiger partial charge in [0.1, 0.15) is 11.9 Å². The molecule has 4 heterocycles. The summed E-state index contributed by atoms with van der Waals surface area (Å²) in [7, 11) is 1.69. The molecule has 12 nitrogen and oxygen atoms in total. The number of allylic oxidation sites excluding steroid dienone is 1. The van der Waals surface area contributed by atoms with E-state index in [1.54, 1.807) is 36.5 Å². The lowest BCUT2D eigenvalue weighted by Crippen LogP contribution is -2.46. The number of anilines is 4. The first-order valence-electron chi connectivity index (χ1n) is 16.5. The van der Waals surface area contributed by atoms with Crippen LogP contribution in [-0.2, 0) is 17.8 Å². The molecule has 3 N–H and O–H groups in total. The molecule has 2 aliphatic heterocycles. The maximum absolute atomic E-state index is 13.7. The van der Waals surface area contributed by atoms with Crippen LogP contribution in [0.1, 0.15) is 53.0 Å². The summed E-state index contributed by atoms with van der Waals surface area (Å²) in [4.78, 5) is 61.7. The molecule has 0 fully saturated rings. The number of amides is 4. The van der Waals surface area contributed by atoms with E-state index in [1.165, 1.54) is 4.90 Å². The Morgan fingerprint density at radius 3 is 2.60 bits per heavy atom. The quantitative estimate of drug-likeness (QED) is 0.229. The fourth-order valence-electron chi connectivity index (χ4n) is 6.34. The van der Waals surface area contributed by atoms with Gasteiger partial charge in [0.25, 0.3) is 5.91 Å². The summed E-state index contributed by atoms with van der Waals surface area (Å²) < 4.78 is 0. The van der Waals surface area contributed by atoms with Crippen LogP contribution >= 0.6 is 0 Å². The first kappa shape index (κ1) is 32.4. The molecule has 2 aromatic heterocycles. The molecule has 2 aromatic carbocycles. The minimum absolute atomic E-state index is 0.218. The lowest BCUT2D eigenvalue weighted by Gasteiger charge is -2.37. The second-order valence-corrected chi connectivity index (χ2v) is 12.7. The van der Waals surface area contributed by atoms with E-state index >= 15 is 0 Å². The Kier molecular flexibility index (Phi) is 8.67. The highest BCUT2D eigenvalue weighted by Gasteiger charge is 2.34. The van der Waals surface area contributed by atoms with Crippen LogP contribution in [0.3, 0.4) is 0 Å². The van der Waals surface area contributed by atoms with Crippen molar-refractivity contribution < 1.29 is 14.4 Å². The number of aryl methyl sites for hydroxylation is 1. The van der Waals surface area contributed by atoms with Crippen molar-refractivity contribution in [3.05, 3.63) is 124 Å². The SMILES string of the molecule is CC1=CCC(NC(=O)c2ccc3c(c2)NC(=O)[C@@H](Cc2ccccc2)N=C3C)C=C1N1Cc2cnc(Nc3ccc(C)nc3)nc2N(C)C1=O. The zero-order valence-electron chi connectivity index (χ0n) is 28.3. The van der Waals surface area contributed by atoms with Crippen molar-refractivity contribution in [2.45, 2.75) is 52.2 Å². The van der Waals surface area contributed by atoms with Crippen molar-refractivity contribution in [3.8, 4) is 0 Å². The van der Waals surface area contributed by atoms with Gasteiger partial charge in [0, 0.05) is 53.5 Å². The Bertz CT molecular complexity index is 2090. The lowest BCUT2D eigenvalue weighted by molar-refractivity contribution is -0.117. The molecule has 0 spiro atoms. The molecule has 1 aliphatic carbocycles. The van der Waals surface area contributed by atoms with Gasteiger partial charge in [-0.2, -0.15) is 4.98 Å². The van der Waals surface area contributed by atoms with Gasteiger partial charge in [-0.25, -0.2) is 9.78 Å². The average molecular weight is 668 g/mol. The standard InChI is InChI=1S/C38H37N9O3/c1-22-10-13-28(18-33(22)47-21-27-19-40-37(45-34(27)46(4)38(47)50)43-29-14-11-23(2)39-20-29)42-35(48)26-12-15-30-24(3)41-32(36(49)44-31(30)17-26)16-25-8-6-5-7-9-25/h5-12,14-15,17-20,28,32H,13,16,21H2,1-4H3,(H,42,48)(H,44,49)(H,40,43,45)/t28?,32-/m1/s1. The molecule has 0 bridgehead atoms. The van der Waals surface area contributed by atoms with E-state index < -0.39 is 6.04 Å². The maximum atomic E-state index is 13.7. The molecule has 0 saturated heterocycles. The van der Waals surface area contributed by atoms with Crippen LogP contribution in [0, 0.1) is 6.92 Å². The number of hydrogen-bond acceptors (Lipinski definition) is 8. The fraction of sp³-hybridized carbons (Fsp3) is 0.237. The topological polar surface area (TPSA) is 145 Å². The first-order chi connectivity index (χ1) is 24.1. The van der Waals surface area contributed by atoms with Crippen LogP contribution in [0.2, 0.25) is 0 Å². The van der Waals surface area contributed by atoms with Crippen molar-refractivity contribution in [1.29, 1.82) is 0 Å². The van der Waals surface area contributed by atoms with Crippen LogP contribution in [0.15, 0.2) is 101 Å². The molecule has 4 amide bonds. The van der Waals surface area contributed by atoms with E-state index in [0.717, 1.165) is 39.4 Å². The number of rotatable bonds is 7. The Morgan fingerprint density at radius 1 is 1.00 bits per heavy atom. The summed E-state index contributed by atoms with van der Waals surface area (Å²) in [6.45, 7) is 6.02. The smallest absolute Gasteiger partial charge is 0.330 e. The van der Waals surface area contributed by atoms with E-state index in [1.807, 2.05) is 81.5 Å². The summed E-state index contributed by atoms with van der Waals surface area (Å²) in [5.41, 5.74) is 7.55. The second kappa shape index (κ2) is 13.4. The van der Waals surface area contributed by atoms with Gasteiger partial charge >= 0.3 is 6.03 Å². The van der Waals surface area contributed by atoms with Crippen LogP contribution < -0.4 is 20.9 Å². The highest BCUT2D eigenvalue weighted by Crippen LogP contribution is 2.33. The van der Waals surface area contributed by atoms with Crippen molar-refractivity contribution in [2.24, 2.45) is 4.99 Å². The third-order valence-corrected chi connectivity index (χ3v) is 9.07. The number of benzodiazepines with no additional fused rings is 1. The molecule has 252 valence electrons. The summed E-state index contributed by atoms with van der Waals surface area (Å²) in [6, 6.07) is 17.6. The van der Waals surface area contributed by atoms with Gasteiger partial charge in [-0.05, 0) is 68.7 Å². The van der Waals surface area contributed by atoms with Gasteiger partial charge in [-0.15, -0.1) is 0 Å². The van der Waals surface area contributed by atoms with Crippen LogP contribution in [0.4, 0.5) is 27.9 Å². The minimum Gasteiger partial charge on any atom is -0.345 e. The fourth-order valence-corrected chi connectivity index (χ4v) is 6.34. The first-order valence-corrected chi connectivity index (χ1v) is 16.5. The summed E-state index contributed by atoms with van der Waals surface area (Å²) in [5.74, 6) is 0.378. The number of pyridine rings is 1. The molecule has 7 rings (SSSR count). The van der Waals surface area contributed by atoms with Crippen LogP contribution in [0.25, 0.3) is 0 Å². The largest absolute Gasteiger partial charge is 0.345 e. The van der Waals surface area contributed by atoms with E-state index in [9.17, 15) is 14.4 Å². The maximum Gasteiger partial charge on any atom is 0.330 e. The Labute approximate surface area is 290 Å². The molecular weight excluding hydrogens is 630 g/mol. The van der Waals surface area contributed by atoms with Gasteiger partial charge in [0.05, 0.1) is 30.2 Å². The molecular formula is C38H37N9O3. The minimum atomic E-state index is -0.576.